The highest BCUT2D eigenvalue weighted by Crippen LogP contribution is 2.17. The molecule has 0 unspecified atom stereocenters. The van der Waals surface area contributed by atoms with Gasteiger partial charge >= 0.3 is 0 Å². The summed E-state index contributed by atoms with van der Waals surface area (Å²) < 4.78 is 4.91. The first-order chi connectivity index (χ1) is 8.04. The monoisotopic (exact) mass is 239 g/mol. The minimum absolute atomic E-state index is 0.0613. The van der Waals surface area contributed by atoms with Gasteiger partial charge in [0.1, 0.15) is 18.1 Å². The van der Waals surface area contributed by atoms with E-state index in [1.807, 2.05) is 0 Å². The first-order valence-electron chi connectivity index (χ1n) is 5.04. The normalized spacial score (nSPS) is 10.0. The number of nitrogens with one attached hydrogen (secondary N) is 1. The molecule has 1 N–H and O–H groups in total. The van der Waals surface area contributed by atoms with E-state index in [9.17, 15) is 14.9 Å². The van der Waals surface area contributed by atoms with Gasteiger partial charge in [-0.05, 0) is 19.9 Å². The van der Waals surface area contributed by atoms with E-state index in [4.69, 9.17) is 4.74 Å². The summed E-state index contributed by atoms with van der Waals surface area (Å²) in [6.07, 6.45) is 0. The summed E-state index contributed by atoms with van der Waals surface area (Å²) in [5.74, 6) is -0.0644. The van der Waals surface area contributed by atoms with Crippen molar-refractivity contribution >= 4 is 17.4 Å². The Labute approximate surface area is 98.0 Å². The summed E-state index contributed by atoms with van der Waals surface area (Å²) in [5, 5.41) is 13.0. The van der Waals surface area contributed by atoms with Crippen LogP contribution in [0.5, 0.6) is 0 Å². The number of rotatable bonds is 5. The van der Waals surface area contributed by atoms with Crippen LogP contribution in [-0.4, -0.2) is 29.0 Å². The van der Waals surface area contributed by atoms with E-state index < -0.39 is 4.92 Å². The van der Waals surface area contributed by atoms with E-state index in [2.05, 4.69) is 10.3 Å². The van der Waals surface area contributed by atoms with E-state index >= 15 is 0 Å². The van der Waals surface area contributed by atoms with Crippen molar-refractivity contribution in [2.24, 2.45) is 0 Å². The van der Waals surface area contributed by atoms with E-state index in [0.29, 0.717) is 6.61 Å². The number of aryl methyl sites for hydroxylation is 1. The molecular formula is C10H13N3O4. The SMILES string of the molecule is CCOCC(=O)Nc1ccc([N+](=O)[O-])c(C)n1. The number of hydrogen-bond donors (Lipinski definition) is 1. The van der Waals surface area contributed by atoms with Crippen LogP contribution in [-0.2, 0) is 9.53 Å². The fraction of sp³-hybridized carbons (Fsp3) is 0.400. The van der Waals surface area contributed by atoms with Gasteiger partial charge in [0.25, 0.3) is 11.6 Å². The lowest BCUT2D eigenvalue weighted by atomic mass is 10.3. The van der Waals surface area contributed by atoms with Crippen LogP contribution < -0.4 is 5.32 Å². The molecule has 0 saturated carbocycles. The fourth-order valence-electron chi connectivity index (χ4n) is 1.19. The predicted octanol–water partition coefficient (Wildman–Crippen LogP) is 1.27. The van der Waals surface area contributed by atoms with Gasteiger partial charge in [-0.3, -0.25) is 14.9 Å². The maximum Gasteiger partial charge on any atom is 0.290 e. The molecule has 1 amide bonds. The zero-order chi connectivity index (χ0) is 12.8. The molecule has 1 rings (SSSR count). The summed E-state index contributed by atoms with van der Waals surface area (Å²) in [6.45, 7) is 3.67. The summed E-state index contributed by atoms with van der Waals surface area (Å²) in [4.78, 5) is 25.2. The van der Waals surface area contributed by atoms with Crippen LogP contribution in [0.3, 0.4) is 0 Å². The summed E-state index contributed by atoms with van der Waals surface area (Å²) in [5.41, 5.74) is 0.178. The Bertz CT molecular complexity index is 434. The van der Waals surface area contributed by atoms with Gasteiger partial charge in [-0.15, -0.1) is 0 Å². The highest BCUT2D eigenvalue weighted by atomic mass is 16.6. The molecule has 0 atom stereocenters. The maximum absolute atomic E-state index is 11.3. The van der Waals surface area contributed by atoms with E-state index in [1.165, 1.54) is 19.1 Å². The first-order valence-corrected chi connectivity index (χ1v) is 5.04. The Morgan fingerprint density at radius 3 is 2.82 bits per heavy atom. The lowest BCUT2D eigenvalue weighted by molar-refractivity contribution is -0.385. The molecule has 0 saturated heterocycles. The van der Waals surface area contributed by atoms with Crippen molar-refractivity contribution in [2.75, 3.05) is 18.5 Å². The van der Waals surface area contributed by atoms with Crippen molar-refractivity contribution in [1.82, 2.24) is 4.98 Å². The molecule has 7 heteroatoms. The van der Waals surface area contributed by atoms with Crippen molar-refractivity contribution in [3.8, 4) is 0 Å². The Kier molecular flexibility index (Phi) is 4.53. The number of nitrogens with zero attached hydrogens (tertiary/aromatic N) is 2. The van der Waals surface area contributed by atoms with Gasteiger partial charge in [0, 0.05) is 12.7 Å². The fourth-order valence-corrected chi connectivity index (χ4v) is 1.19. The number of carbonyl (C=O) groups excluding carboxylic acids is 1. The van der Waals surface area contributed by atoms with Crippen LogP contribution in [0.4, 0.5) is 11.5 Å². The molecule has 92 valence electrons. The van der Waals surface area contributed by atoms with Gasteiger partial charge in [-0.1, -0.05) is 0 Å². The Hall–Kier alpha value is -2.02. The highest BCUT2D eigenvalue weighted by Gasteiger charge is 2.12. The molecule has 0 aromatic carbocycles. The first kappa shape index (κ1) is 13.0. The average Bonchev–Trinajstić information content (AvgIpc) is 2.26. The number of anilines is 1. The molecule has 0 spiro atoms. The van der Waals surface area contributed by atoms with Crippen molar-refractivity contribution in [3.63, 3.8) is 0 Å². The molecule has 0 fully saturated rings. The van der Waals surface area contributed by atoms with Crippen molar-refractivity contribution in [1.29, 1.82) is 0 Å². The van der Waals surface area contributed by atoms with Crippen LogP contribution in [0.25, 0.3) is 0 Å². The molecule has 0 aliphatic carbocycles. The van der Waals surface area contributed by atoms with E-state index in [1.54, 1.807) is 6.92 Å². The summed E-state index contributed by atoms with van der Waals surface area (Å²) >= 11 is 0. The lowest BCUT2D eigenvalue weighted by Crippen LogP contribution is -2.19. The largest absolute Gasteiger partial charge is 0.372 e. The second-order valence-electron chi connectivity index (χ2n) is 3.24. The zero-order valence-corrected chi connectivity index (χ0v) is 9.60. The molecule has 0 aliphatic heterocycles. The van der Waals surface area contributed by atoms with Crippen LogP contribution in [0, 0.1) is 17.0 Å². The third-order valence-electron chi connectivity index (χ3n) is 1.96. The summed E-state index contributed by atoms with van der Waals surface area (Å²) in [6, 6.07) is 2.69. The smallest absolute Gasteiger partial charge is 0.290 e. The van der Waals surface area contributed by atoms with Crippen molar-refractivity contribution in [3.05, 3.63) is 27.9 Å². The summed E-state index contributed by atoms with van der Waals surface area (Å²) in [7, 11) is 0. The van der Waals surface area contributed by atoms with Gasteiger partial charge in [0.05, 0.1) is 4.92 Å². The van der Waals surface area contributed by atoms with Gasteiger partial charge in [0.15, 0.2) is 0 Å². The molecule has 7 nitrogen and oxygen atoms in total. The molecule has 17 heavy (non-hydrogen) atoms. The molecule has 0 radical (unpaired) electrons. The third-order valence-corrected chi connectivity index (χ3v) is 1.96. The second-order valence-corrected chi connectivity index (χ2v) is 3.24. The highest BCUT2D eigenvalue weighted by molar-refractivity contribution is 5.90. The van der Waals surface area contributed by atoms with E-state index in [0.717, 1.165) is 0 Å². The Balaban J connectivity index is 2.70. The molecule has 0 bridgehead atoms. The number of amides is 1. The van der Waals surface area contributed by atoms with Gasteiger partial charge in [-0.25, -0.2) is 4.98 Å². The average molecular weight is 239 g/mol. The number of aromatic nitrogens is 1. The quantitative estimate of drug-likeness (QED) is 0.616. The molecular weight excluding hydrogens is 226 g/mol. The van der Waals surface area contributed by atoms with Crippen LogP contribution >= 0.6 is 0 Å². The van der Waals surface area contributed by atoms with Crippen molar-refractivity contribution < 1.29 is 14.5 Å². The number of nitro groups is 1. The number of ether oxygens (including phenoxy) is 1. The van der Waals surface area contributed by atoms with E-state index in [-0.39, 0.29) is 29.7 Å². The minimum atomic E-state index is -0.520. The van der Waals surface area contributed by atoms with Gasteiger partial charge in [-0.2, -0.15) is 0 Å². The zero-order valence-electron chi connectivity index (χ0n) is 9.60. The van der Waals surface area contributed by atoms with Crippen LogP contribution in [0.2, 0.25) is 0 Å². The molecule has 1 heterocycles. The molecule has 1 aromatic rings. The van der Waals surface area contributed by atoms with Gasteiger partial charge < -0.3 is 10.1 Å². The minimum Gasteiger partial charge on any atom is -0.372 e. The number of pyridine rings is 1. The topological polar surface area (TPSA) is 94.4 Å². The van der Waals surface area contributed by atoms with Crippen molar-refractivity contribution in [2.45, 2.75) is 13.8 Å². The maximum atomic E-state index is 11.3. The third kappa shape index (κ3) is 3.80. The Morgan fingerprint density at radius 1 is 1.59 bits per heavy atom. The van der Waals surface area contributed by atoms with Crippen LogP contribution in [0.15, 0.2) is 12.1 Å². The number of carbonyl (C=O) groups is 1. The predicted molar refractivity (Wildman–Crippen MR) is 60.8 cm³/mol. The molecule has 0 aliphatic rings. The Morgan fingerprint density at radius 2 is 2.29 bits per heavy atom. The second kappa shape index (κ2) is 5.90. The number of hydrogen-bond acceptors (Lipinski definition) is 5. The van der Waals surface area contributed by atoms with Gasteiger partial charge in [0.2, 0.25) is 0 Å². The standard InChI is InChI=1S/C10H13N3O4/c1-3-17-6-10(14)12-9-5-4-8(13(15)16)7(2)11-9/h4-5H,3,6H2,1-2H3,(H,11,12,14). The van der Waals surface area contributed by atoms with Crippen LogP contribution in [0.1, 0.15) is 12.6 Å². The lowest BCUT2D eigenvalue weighted by Gasteiger charge is -2.05. The molecule has 1 aromatic heterocycles.